The Morgan fingerprint density at radius 1 is 1.03 bits per heavy atom. The van der Waals surface area contributed by atoms with Crippen LogP contribution in [0.5, 0.6) is 11.5 Å². The molecule has 2 heterocycles. The molecule has 0 saturated heterocycles. The van der Waals surface area contributed by atoms with E-state index in [9.17, 15) is 9.59 Å². The molecule has 0 aliphatic carbocycles. The Bertz CT molecular complexity index is 1170. The van der Waals surface area contributed by atoms with E-state index in [1.54, 1.807) is 25.3 Å². The van der Waals surface area contributed by atoms with E-state index in [0.717, 1.165) is 16.8 Å². The Kier molecular flexibility index (Phi) is 5.81. The molecule has 1 atom stereocenters. The van der Waals surface area contributed by atoms with Gasteiger partial charge in [0, 0.05) is 23.9 Å². The number of hydrogen-bond donors (Lipinski definition) is 1. The summed E-state index contributed by atoms with van der Waals surface area (Å²) in [7, 11) is 3.09. The zero-order valence-corrected chi connectivity index (χ0v) is 18.6. The van der Waals surface area contributed by atoms with Crippen LogP contribution in [0.4, 0.5) is 11.4 Å². The van der Waals surface area contributed by atoms with Gasteiger partial charge in [-0.05, 0) is 37.1 Å². The Labute approximate surface area is 187 Å². The Morgan fingerprint density at radius 2 is 1.78 bits per heavy atom. The predicted octanol–water partition coefficient (Wildman–Crippen LogP) is 3.33. The van der Waals surface area contributed by atoms with Crippen molar-refractivity contribution in [3.8, 4) is 11.5 Å². The Morgan fingerprint density at radius 3 is 2.47 bits per heavy atom. The number of nitrogens with one attached hydrogen (secondary N) is 1. The van der Waals surface area contributed by atoms with E-state index in [2.05, 4.69) is 5.32 Å². The Hall–Kier alpha value is -3.87. The molecular formula is C25H26N3O4+. The second-order valence-corrected chi connectivity index (χ2v) is 7.71. The fourth-order valence-corrected chi connectivity index (χ4v) is 4.09. The molecule has 0 spiro atoms. The van der Waals surface area contributed by atoms with Crippen molar-refractivity contribution in [3.05, 3.63) is 77.6 Å². The summed E-state index contributed by atoms with van der Waals surface area (Å²) in [6, 6.07) is 15.7. The van der Waals surface area contributed by atoms with Crippen molar-refractivity contribution in [1.29, 1.82) is 0 Å². The van der Waals surface area contributed by atoms with Gasteiger partial charge in [0.25, 0.3) is 11.8 Å². The summed E-state index contributed by atoms with van der Waals surface area (Å²) in [5, 5.41) is 3.06. The maximum Gasteiger partial charge on any atom is 0.294 e. The standard InChI is InChI=1S/C25H25N3O4/c1-16-8-7-9-17(2)23(16)26-25(30)24-20-10-5-6-13-27(20)15-22(29)28(24)19-12-11-18(31-3)14-21(19)32-4/h5-14,24H,15H2,1-4H3/p+1. The zero-order valence-electron chi connectivity index (χ0n) is 18.6. The van der Waals surface area contributed by atoms with Crippen LogP contribution in [0.25, 0.3) is 0 Å². The van der Waals surface area contributed by atoms with E-state index in [0.29, 0.717) is 22.9 Å². The SMILES string of the molecule is COc1ccc(N2C(=O)C[n+]3ccccc3C2C(=O)Nc2c(C)cccc2C)c(OC)c1. The van der Waals surface area contributed by atoms with Crippen LogP contribution < -0.4 is 24.3 Å². The van der Waals surface area contributed by atoms with Crippen LogP contribution in [0.1, 0.15) is 22.9 Å². The molecule has 2 amide bonds. The minimum absolute atomic E-state index is 0.124. The molecule has 164 valence electrons. The molecule has 2 aromatic carbocycles. The third-order valence-corrected chi connectivity index (χ3v) is 5.71. The number of benzene rings is 2. The summed E-state index contributed by atoms with van der Waals surface area (Å²) >= 11 is 0. The Balaban J connectivity index is 1.84. The van der Waals surface area contributed by atoms with Gasteiger partial charge in [-0.25, -0.2) is 0 Å². The van der Waals surface area contributed by atoms with E-state index in [-0.39, 0.29) is 18.4 Å². The highest BCUT2D eigenvalue weighted by Crippen LogP contribution is 2.38. The summed E-state index contributed by atoms with van der Waals surface area (Å²) in [6.07, 6.45) is 1.81. The molecule has 3 aromatic rings. The van der Waals surface area contributed by atoms with Crippen molar-refractivity contribution in [2.75, 3.05) is 24.4 Å². The van der Waals surface area contributed by atoms with Crippen molar-refractivity contribution in [3.63, 3.8) is 0 Å². The quantitative estimate of drug-likeness (QED) is 0.628. The smallest absolute Gasteiger partial charge is 0.294 e. The van der Waals surface area contributed by atoms with Gasteiger partial charge in [-0.3, -0.25) is 14.5 Å². The minimum Gasteiger partial charge on any atom is -0.497 e. The van der Waals surface area contributed by atoms with Crippen LogP contribution in [0, 0.1) is 13.8 Å². The molecule has 7 nitrogen and oxygen atoms in total. The first-order valence-corrected chi connectivity index (χ1v) is 10.3. The van der Waals surface area contributed by atoms with Crippen LogP contribution >= 0.6 is 0 Å². The molecule has 1 N–H and O–H groups in total. The number of para-hydroxylation sites is 1. The average molecular weight is 433 g/mol. The number of rotatable bonds is 5. The third kappa shape index (κ3) is 3.77. The second-order valence-electron chi connectivity index (χ2n) is 7.71. The molecule has 0 radical (unpaired) electrons. The molecule has 1 aliphatic heterocycles. The van der Waals surface area contributed by atoms with Crippen LogP contribution in [0.2, 0.25) is 0 Å². The van der Waals surface area contributed by atoms with E-state index in [4.69, 9.17) is 9.47 Å². The van der Waals surface area contributed by atoms with Gasteiger partial charge in [0.2, 0.25) is 18.3 Å². The summed E-state index contributed by atoms with van der Waals surface area (Å²) in [5.74, 6) is 0.542. The molecule has 0 bridgehead atoms. The highest BCUT2D eigenvalue weighted by molar-refractivity contribution is 6.06. The lowest BCUT2D eigenvalue weighted by Gasteiger charge is -2.33. The fraction of sp³-hybridized carbons (Fsp3) is 0.240. The van der Waals surface area contributed by atoms with Gasteiger partial charge in [-0.1, -0.05) is 24.3 Å². The number of carbonyl (C=O) groups is 2. The van der Waals surface area contributed by atoms with Gasteiger partial charge in [0.1, 0.15) is 11.5 Å². The third-order valence-electron chi connectivity index (χ3n) is 5.71. The van der Waals surface area contributed by atoms with Gasteiger partial charge in [-0.15, -0.1) is 0 Å². The maximum atomic E-state index is 13.7. The number of hydrogen-bond acceptors (Lipinski definition) is 4. The lowest BCUT2D eigenvalue weighted by molar-refractivity contribution is -0.695. The molecule has 1 unspecified atom stereocenters. The number of methoxy groups -OCH3 is 2. The topological polar surface area (TPSA) is 71.8 Å². The molecule has 0 saturated carbocycles. The number of fused-ring (bicyclic) bond motifs is 1. The van der Waals surface area contributed by atoms with E-state index in [1.807, 2.05) is 61.0 Å². The zero-order chi connectivity index (χ0) is 22.8. The molecule has 32 heavy (non-hydrogen) atoms. The van der Waals surface area contributed by atoms with Gasteiger partial charge < -0.3 is 14.8 Å². The molecule has 1 aromatic heterocycles. The van der Waals surface area contributed by atoms with Crippen molar-refractivity contribution in [2.45, 2.75) is 26.4 Å². The van der Waals surface area contributed by atoms with Gasteiger partial charge in [-0.2, -0.15) is 4.57 Å². The van der Waals surface area contributed by atoms with E-state index >= 15 is 0 Å². The highest BCUT2D eigenvalue weighted by Gasteiger charge is 2.44. The normalized spacial score (nSPS) is 15.2. The molecule has 1 aliphatic rings. The highest BCUT2D eigenvalue weighted by atomic mass is 16.5. The summed E-state index contributed by atoms with van der Waals surface area (Å²) in [4.78, 5) is 28.5. The van der Waals surface area contributed by atoms with Gasteiger partial charge in [0.15, 0.2) is 6.20 Å². The van der Waals surface area contributed by atoms with Crippen LogP contribution in [0.15, 0.2) is 60.8 Å². The molecule has 0 fully saturated rings. The summed E-state index contributed by atoms with van der Waals surface area (Å²) < 4.78 is 12.7. The minimum atomic E-state index is -0.876. The number of pyridine rings is 1. The van der Waals surface area contributed by atoms with Crippen LogP contribution in [0.3, 0.4) is 0 Å². The van der Waals surface area contributed by atoms with Gasteiger partial charge in [0.05, 0.1) is 19.9 Å². The number of ether oxygens (including phenoxy) is 2. The van der Waals surface area contributed by atoms with Crippen LogP contribution in [-0.4, -0.2) is 26.0 Å². The second kappa shape index (κ2) is 8.70. The van der Waals surface area contributed by atoms with Crippen molar-refractivity contribution < 1.29 is 23.6 Å². The fourth-order valence-electron chi connectivity index (χ4n) is 4.09. The van der Waals surface area contributed by atoms with E-state index < -0.39 is 6.04 Å². The van der Waals surface area contributed by atoms with Crippen molar-refractivity contribution in [2.24, 2.45) is 0 Å². The number of amides is 2. The average Bonchev–Trinajstić information content (AvgIpc) is 2.80. The van der Waals surface area contributed by atoms with E-state index in [1.165, 1.54) is 12.0 Å². The summed E-state index contributed by atoms with van der Waals surface area (Å²) in [5.41, 5.74) is 3.88. The monoisotopic (exact) mass is 432 g/mol. The number of carbonyl (C=O) groups excluding carboxylic acids is 2. The lowest BCUT2D eigenvalue weighted by Crippen LogP contribution is -2.58. The molecule has 4 rings (SSSR count). The first-order chi connectivity index (χ1) is 15.4. The lowest BCUT2D eigenvalue weighted by atomic mass is 10.0. The number of aromatic nitrogens is 1. The van der Waals surface area contributed by atoms with Crippen molar-refractivity contribution >= 4 is 23.2 Å². The van der Waals surface area contributed by atoms with Crippen molar-refractivity contribution in [1.82, 2.24) is 0 Å². The van der Waals surface area contributed by atoms with Gasteiger partial charge >= 0.3 is 0 Å². The first-order valence-electron chi connectivity index (χ1n) is 10.3. The summed E-state index contributed by atoms with van der Waals surface area (Å²) in [6.45, 7) is 4.02. The number of nitrogens with zero attached hydrogens (tertiary/aromatic N) is 2. The molecule has 7 heteroatoms. The largest absolute Gasteiger partial charge is 0.497 e. The first kappa shape index (κ1) is 21.4. The van der Waals surface area contributed by atoms with Crippen LogP contribution in [-0.2, 0) is 16.1 Å². The molecular weight excluding hydrogens is 406 g/mol. The number of aryl methyl sites for hydroxylation is 2. The predicted molar refractivity (Wildman–Crippen MR) is 121 cm³/mol. The maximum absolute atomic E-state index is 13.7. The number of anilines is 2.